The maximum atomic E-state index is 11.9. The lowest BCUT2D eigenvalue weighted by molar-refractivity contribution is 0.0927. The van der Waals surface area contributed by atoms with Gasteiger partial charge in [0.1, 0.15) is 5.58 Å². The molecule has 110 valence electrons. The highest BCUT2D eigenvalue weighted by Gasteiger charge is 2.12. The fraction of sp³-hybridized carbons (Fsp3) is 0.400. The molecule has 1 heterocycles. The van der Waals surface area contributed by atoms with Crippen molar-refractivity contribution in [3.05, 3.63) is 35.1 Å². The van der Waals surface area contributed by atoms with Gasteiger partial charge >= 0.3 is 0 Å². The summed E-state index contributed by atoms with van der Waals surface area (Å²) >= 11 is 0. The van der Waals surface area contributed by atoms with Crippen LogP contribution in [0.4, 0.5) is 0 Å². The number of nitrogens with two attached hydrogens (primary N) is 1. The molecule has 0 saturated carbocycles. The molecule has 0 aliphatic heterocycles. The highest BCUT2D eigenvalue weighted by molar-refractivity contribution is 5.96. The van der Waals surface area contributed by atoms with Gasteiger partial charge in [-0.3, -0.25) is 4.79 Å². The Balaban J connectivity index is 0.00000200. The minimum Gasteiger partial charge on any atom is -0.451 e. The second-order valence-corrected chi connectivity index (χ2v) is 5.11. The van der Waals surface area contributed by atoms with Crippen LogP contribution in [0.25, 0.3) is 11.0 Å². The first kappa shape index (κ1) is 16.5. The number of fused-ring (bicyclic) bond motifs is 1. The van der Waals surface area contributed by atoms with Crippen molar-refractivity contribution in [2.24, 2.45) is 5.73 Å². The lowest BCUT2D eigenvalue weighted by Crippen LogP contribution is -2.28. The zero-order valence-electron chi connectivity index (χ0n) is 12.0. The molecular weight excluding hydrogens is 276 g/mol. The molecule has 1 unspecified atom stereocenters. The van der Waals surface area contributed by atoms with Crippen molar-refractivity contribution in [2.45, 2.75) is 33.2 Å². The quantitative estimate of drug-likeness (QED) is 0.911. The predicted molar refractivity (Wildman–Crippen MR) is 83.5 cm³/mol. The Morgan fingerprint density at radius 2 is 1.95 bits per heavy atom. The van der Waals surface area contributed by atoms with Crippen LogP contribution < -0.4 is 11.1 Å². The Morgan fingerprint density at radius 1 is 1.30 bits per heavy atom. The van der Waals surface area contributed by atoms with Crippen LogP contribution in [0, 0.1) is 13.8 Å². The minimum absolute atomic E-state index is 0. The van der Waals surface area contributed by atoms with Crippen LogP contribution in [0.2, 0.25) is 0 Å². The Bertz CT molecular complexity index is 566. The van der Waals surface area contributed by atoms with E-state index in [-0.39, 0.29) is 24.4 Å². The zero-order valence-corrected chi connectivity index (χ0v) is 12.8. The average molecular weight is 297 g/mol. The fourth-order valence-electron chi connectivity index (χ4n) is 1.91. The smallest absolute Gasteiger partial charge is 0.287 e. The van der Waals surface area contributed by atoms with Gasteiger partial charge in [-0.05, 0) is 56.5 Å². The molecule has 0 spiro atoms. The van der Waals surface area contributed by atoms with Gasteiger partial charge in [0.25, 0.3) is 5.91 Å². The molecule has 0 saturated heterocycles. The molecule has 0 aliphatic rings. The third kappa shape index (κ3) is 3.74. The van der Waals surface area contributed by atoms with Gasteiger partial charge in [0, 0.05) is 18.0 Å². The maximum absolute atomic E-state index is 11.9. The second-order valence-electron chi connectivity index (χ2n) is 5.11. The summed E-state index contributed by atoms with van der Waals surface area (Å²) < 4.78 is 5.58. The molecule has 20 heavy (non-hydrogen) atoms. The molecule has 0 bridgehead atoms. The Hall–Kier alpha value is -1.52. The van der Waals surface area contributed by atoms with E-state index in [0.29, 0.717) is 12.3 Å². The Kier molecular flexibility index (Phi) is 5.60. The SMILES string of the molecule is Cc1cc2cc(C(=O)NCCC(C)N)oc2cc1C.Cl. The summed E-state index contributed by atoms with van der Waals surface area (Å²) in [5.74, 6) is 0.164. The molecule has 4 nitrogen and oxygen atoms in total. The number of hydrogen-bond donors (Lipinski definition) is 2. The molecule has 2 rings (SSSR count). The van der Waals surface area contributed by atoms with Gasteiger partial charge in [0.2, 0.25) is 0 Å². The normalized spacial score (nSPS) is 12.0. The van der Waals surface area contributed by atoms with Crippen LogP contribution in [-0.4, -0.2) is 18.5 Å². The fourth-order valence-corrected chi connectivity index (χ4v) is 1.91. The van der Waals surface area contributed by atoms with Crippen LogP contribution >= 0.6 is 12.4 Å². The number of amides is 1. The Morgan fingerprint density at radius 3 is 2.60 bits per heavy atom. The van der Waals surface area contributed by atoms with E-state index in [0.717, 1.165) is 23.0 Å². The van der Waals surface area contributed by atoms with Gasteiger partial charge in [0.15, 0.2) is 5.76 Å². The number of furan rings is 1. The number of rotatable bonds is 4. The standard InChI is InChI=1S/C15H20N2O2.ClH/c1-9-6-12-8-14(19-13(12)7-10(9)2)15(18)17-5-4-11(3)16;/h6-8,11H,4-5,16H2,1-3H3,(H,17,18);1H. The van der Waals surface area contributed by atoms with E-state index in [9.17, 15) is 4.79 Å². The molecular formula is C15H21ClN2O2. The molecule has 0 fully saturated rings. The van der Waals surface area contributed by atoms with Crippen LogP contribution in [0.5, 0.6) is 0 Å². The number of aryl methyl sites for hydroxylation is 2. The highest BCUT2D eigenvalue weighted by Crippen LogP contribution is 2.23. The van der Waals surface area contributed by atoms with Gasteiger partial charge < -0.3 is 15.5 Å². The number of carbonyl (C=O) groups excluding carboxylic acids is 1. The van der Waals surface area contributed by atoms with Crippen molar-refractivity contribution in [2.75, 3.05) is 6.54 Å². The third-order valence-electron chi connectivity index (χ3n) is 3.24. The second kappa shape index (κ2) is 6.77. The monoisotopic (exact) mass is 296 g/mol. The van der Waals surface area contributed by atoms with E-state index in [1.165, 1.54) is 5.56 Å². The molecule has 0 radical (unpaired) electrons. The molecule has 2 aromatic rings. The van der Waals surface area contributed by atoms with Crippen LogP contribution in [-0.2, 0) is 0 Å². The van der Waals surface area contributed by atoms with Crippen molar-refractivity contribution in [3.63, 3.8) is 0 Å². The van der Waals surface area contributed by atoms with E-state index in [4.69, 9.17) is 10.2 Å². The van der Waals surface area contributed by atoms with Crippen molar-refractivity contribution < 1.29 is 9.21 Å². The third-order valence-corrected chi connectivity index (χ3v) is 3.24. The first-order chi connectivity index (χ1) is 8.97. The summed E-state index contributed by atoms with van der Waals surface area (Å²) in [4.78, 5) is 11.9. The summed E-state index contributed by atoms with van der Waals surface area (Å²) in [7, 11) is 0. The zero-order chi connectivity index (χ0) is 14.0. The van der Waals surface area contributed by atoms with Crippen molar-refractivity contribution in [1.29, 1.82) is 0 Å². The summed E-state index contributed by atoms with van der Waals surface area (Å²) in [6, 6.07) is 5.86. The topological polar surface area (TPSA) is 68.3 Å². The molecule has 3 N–H and O–H groups in total. The average Bonchev–Trinajstić information content (AvgIpc) is 2.72. The summed E-state index contributed by atoms with van der Waals surface area (Å²) in [5, 5.41) is 3.77. The lowest BCUT2D eigenvalue weighted by atomic mass is 10.1. The van der Waals surface area contributed by atoms with Crippen LogP contribution in [0.15, 0.2) is 22.6 Å². The van der Waals surface area contributed by atoms with Gasteiger partial charge in [-0.1, -0.05) is 0 Å². The first-order valence-electron chi connectivity index (χ1n) is 6.52. The molecule has 1 atom stereocenters. The van der Waals surface area contributed by atoms with Crippen molar-refractivity contribution in [3.8, 4) is 0 Å². The Labute approximate surface area is 125 Å². The van der Waals surface area contributed by atoms with Gasteiger partial charge in [0.05, 0.1) is 0 Å². The van der Waals surface area contributed by atoms with Crippen LogP contribution in [0.3, 0.4) is 0 Å². The predicted octanol–water partition coefficient (Wildman–Crippen LogP) is 2.94. The highest BCUT2D eigenvalue weighted by atomic mass is 35.5. The molecule has 0 aliphatic carbocycles. The van der Waals surface area contributed by atoms with E-state index in [2.05, 4.69) is 5.32 Å². The summed E-state index contributed by atoms with van der Waals surface area (Å²) in [5.41, 5.74) is 8.74. The molecule has 5 heteroatoms. The largest absolute Gasteiger partial charge is 0.451 e. The van der Waals surface area contributed by atoms with E-state index in [1.807, 2.05) is 32.9 Å². The van der Waals surface area contributed by atoms with E-state index in [1.54, 1.807) is 6.07 Å². The summed E-state index contributed by atoms with van der Waals surface area (Å²) in [6.45, 7) is 6.55. The van der Waals surface area contributed by atoms with Crippen molar-refractivity contribution in [1.82, 2.24) is 5.32 Å². The molecule has 1 amide bonds. The van der Waals surface area contributed by atoms with E-state index < -0.39 is 0 Å². The minimum atomic E-state index is -0.188. The van der Waals surface area contributed by atoms with Crippen molar-refractivity contribution >= 4 is 29.3 Å². The summed E-state index contributed by atoms with van der Waals surface area (Å²) in [6.07, 6.45) is 0.754. The maximum Gasteiger partial charge on any atom is 0.287 e. The van der Waals surface area contributed by atoms with Crippen LogP contribution in [0.1, 0.15) is 35.0 Å². The first-order valence-corrected chi connectivity index (χ1v) is 6.52. The van der Waals surface area contributed by atoms with Gasteiger partial charge in [-0.2, -0.15) is 0 Å². The number of benzene rings is 1. The molecule has 1 aromatic carbocycles. The van der Waals surface area contributed by atoms with Gasteiger partial charge in [-0.15, -0.1) is 12.4 Å². The lowest BCUT2D eigenvalue weighted by Gasteiger charge is -2.05. The molecule has 1 aromatic heterocycles. The number of hydrogen-bond acceptors (Lipinski definition) is 3. The number of carbonyl (C=O) groups is 1. The van der Waals surface area contributed by atoms with Gasteiger partial charge in [-0.25, -0.2) is 0 Å². The number of nitrogens with one attached hydrogen (secondary N) is 1. The number of halogens is 1. The van der Waals surface area contributed by atoms with E-state index >= 15 is 0 Å².